The van der Waals surface area contributed by atoms with Crippen molar-refractivity contribution >= 4 is 5.91 Å². The zero-order valence-corrected chi connectivity index (χ0v) is 15.0. The van der Waals surface area contributed by atoms with Crippen LogP contribution in [-0.4, -0.2) is 32.8 Å². The highest BCUT2D eigenvalue weighted by Crippen LogP contribution is 2.27. The average Bonchev–Trinajstić information content (AvgIpc) is 2.66. The van der Waals surface area contributed by atoms with Crippen LogP contribution in [0.1, 0.15) is 18.9 Å². The molecule has 5 heteroatoms. The molecule has 0 fully saturated rings. The Labute approximate surface area is 148 Å². The van der Waals surface area contributed by atoms with Gasteiger partial charge >= 0.3 is 0 Å². The van der Waals surface area contributed by atoms with Crippen molar-refractivity contribution in [2.75, 3.05) is 20.8 Å². The molecule has 0 aliphatic heterocycles. The Hall–Kier alpha value is -2.69. The number of rotatable bonds is 9. The molecule has 0 aromatic heterocycles. The molecule has 2 aromatic carbocycles. The molecule has 2 rings (SSSR count). The lowest BCUT2D eigenvalue weighted by Gasteiger charge is -2.17. The molecule has 0 unspecified atom stereocenters. The van der Waals surface area contributed by atoms with E-state index >= 15 is 0 Å². The smallest absolute Gasteiger partial charge is 0.261 e. The quantitative estimate of drug-likeness (QED) is 0.759. The van der Waals surface area contributed by atoms with Crippen molar-refractivity contribution in [1.82, 2.24) is 5.32 Å². The first-order valence-electron chi connectivity index (χ1n) is 8.38. The third-order valence-electron chi connectivity index (χ3n) is 3.85. The minimum Gasteiger partial charge on any atom is -0.493 e. The van der Waals surface area contributed by atoms with Gasteiger partial charge in [0.1, 0.15) is 5.75 Å². The first-order chi connectivity index (χ1) is 12.2. The zero-order valence-electron chi connectivity index (χ0n) is 15.0. The number of nitrogens with one attached hydrogen (secondary N) is 1. The highest BCUT2D eigenvalue weighted by molar-refractivity contribution is 5.81. The second-order valence-electron chi connectivity index (χ2n) is 5.56. The fourth-order valence-corrected chi connectivity index (χ4v) is 2.47. The van der Waals surface area contributed by atoms with Gasteiger partial charge < -0.3 is 19.5 Å². The molecule has 2 aromatic rings. The van der Waals surface area contributed by atoms with Crippen molar-refractivity contribution in [2.24, 2.45) is 0 Å². The van der Waals surface area contributed by atoms with Crippen LogP contribution in [0.5, 0.6) is 17.2 Å². The molecule has 25 heavy (non-hydrogen) atoms. The number of hydrogen-bond acceptors (Lipinski definition) is 4. The number of carbonyl (C=O) groups excluding carboxylic acids is 1. The van der Waals surface area contributed by atoms with Gasteiger partial charge in [0.05, 0.1) is 14.2 Å². The van der Waals surface area contributed by atoms with E-state index in [-0.39, 0.29) is 5.91 Å². The van der Waals surface area contributed by atoms with Gasteiger partial charge in [0.25, 0.3) is 5.91 Å². The fraction of sp³-hybridized carbons (Fsp3) is 0.350. The molecule has 0 saturated carbocycles. The third kappa shape index (κ3) is 5.41. The van der Waals surface area contributed by atoms with Gasteiger partial charge in [0, 0.05) is 6.54 Å². The van der Waals surface area contributed by atoms with Crippen LogP contribution in [0.25, 0.3) is 0 Å². The predicted molar refractivity (Wildman–Crippen MR) is 97.4 cm³/mol. The Balaban J connectivity index is 1.86. The van der Waals surface area contributed by atoms with E-state index in [9.17, 15) is 4.79 Å². The molecule has 0 radical (unpaired) electrons. The van der Waals surface area contributed by atoms with Crippen molar-refractivity contribution < 1.29 is 19.0 Å². The van der Waals surface area contributed by atoms with Gasteiger partial charge in [-0.05, 0) is 42.7 Å². The summed E-state index contributed by atoms with van der Waals surface area (Å²) in [7, 11) is 3.21. The molecule has 5 nitrogen and oxygen atoms in total. The second kappa shape index (κ2) is 9.57. The van der Waals surface area contributed by atoms with E-state index in [0.717, 1.165) is 5.56 Å². The van der Waals surface area contributed by atoms with E-state index < -0.39 is 6.10 Å². The number of benzene rings is 2. The van der Waals surface area contributed by atoms with Crippen LogP contribution in [0.3, 0.4) is 0 Å². The van der Waals surface area contributed by atoms with Crippen molar-refractivity contribution in [2.45, 2.75) is 25.9 Å². The minimum absolute atomic E-state index is 0.105. The van der Waals surface area contributed by atoms with Gasteiger partial charge in [-0.15, -0.1) is 0 Å². The molecular weight excluding hydrogens is 318 g/mol. The van der Waals surface area contributed by atoms with E-state index in [1.165, 1.54) is 0 Å². The molecule has 1 N–H and O–H groups in total. The second-order valence-corrected chi connectivity index (χ2v) is 5.56. The topological polar surface area (TPSA) is 56.8 Å². The Bertz CT molecular complexity index is 673. The molecule has 1 atom stereocenters. The molecule has 0 spiro atoms. The normalized spacial score (nSPS) is 11.5. The molecule has 0 saturated heterocycles. The molecule has 0 aliphatic rings. The molecule has 0 heterocycles. The average molecular weight is 343 g/mol. The zero-order chi connectivity index (χ0) is 18.1. The lowest BCUT2D eigenvalue weighted by atomic mass is 10.1. The van der Waals surface area contributed by atoms with Crippen LogP contribution in [-0.2, 0) is 11.2 Å². The SMILES string of the molecule is CC[C@@H](Oc1ccccc1)C(=O)NCCc1ccc(OC)c(OC)c1. The summed E-state index contributed by atoms with van der Waals surface area (Å²) in [4.78, 5) is 12.3. The largest absolute Gasteiger partial charge is 0.493 e. The van der Waals surface area contributed by atoms with Gasteiger partial charge in [-0.2, -0.15) is 0 Å². The summed E-state index contributed by atoms with van der Waals surface area (Å²) in [6.07, 6.45) is 0.818. The third-order valence-corrected chi connectivity index (χ3v) is 3.85. The maximum Gasteiger partial charge on any atom is 0.261 e. The van der Waals surface area contributed by atoms with Crippen molar-refractivity contribution in [3.05, 3.63) is 54.1 Å². The number of ether oxygens (including phenoxy) is 3. The lowest BCUT2D eigenvalue weighted by molar-refractivity contribution is -0.128. The summed E-state index contributed by atoms with van der Waals surface area (Å²) >= 11 is 0. The van der Waals surface area contributed by atoms with Crippen molar-refractivity contribution in [3.63, 3.8) is 0 Å². The summed E-state index contributed by atoms with van der Waals surface area (Å²) in [5.41, 5.74) is 1.06. The van der Waals surface area contributed by atoms with Crippen LogP contribution >= 0.6 is 0 Å². The van der Waals surface area contributed by atoms with Gasteiger partial charge in [0.2, 0.25) is 0 Å². The van der Waals surface area contributed by atoms with Gasteiger partial charge in [-0.25, -0.2) is 0 Å². The van der Waals surface area contributed by atoms with Gasteiger partial charge in [0.15, 0.2) is 17.6 Å². The van der Waals surface area contributed by atoms with E-state index in [0.29, 0.717) is 36.6 Å². The number of carbonyl (C=O) groups is 1. The van der Waals surface area contributed by atoms with Crippen LogP contribution in [0.2, 0.25) is 0 Å². The molecule has 0 bridgehead atoms. The number of methoxy groups -OCH3 is 2. The molecular formula is C20H25NO4. The van der Waals surface area contributed by atoms with Crippen molar-refractivity contribution in [1.29, 1.82) is 0 Å². The summed E-state index contributed by atoms with van der Waals surface area (Å²) in [6, 6.07) is 15.1. The lowest BCUT2D eigenvalue weighted by Crippen LogP contribution is -2.38. The van der Waals surface area contributed by atoms with Crippen LogP contribution in [0, 0.1) is 0 Å². The van der Waals surface area contributed by atoms with Gasteiger partial charge in [-0.1, -0.05) is 31.2 Å². The Kier molecular flexibility index (Phi) is 7.14. The first kappa shape index (κ1) is 18.6. The van der Waals surface area contributed by atoms with E-state index in [4.69, 9.17) is 14.2 Å². The monoisotopic (exact) mass is 343 g/mol. The highest BCUT2D eigenvalue weighted by Gasteiger charge is 2.17. The minimum atomic E-state index is -0.493. The van der Waals surface area contributed by atoms with E-state index in [1.807, 2.05) is 55.5 Å². The maximum absolute atomic E-state index is 12.3. The van der Waals surface area contributed by atoms with E-state index in [1.54, 1.807) is 14.2 Å². The fourth-order valence-electron chi connectivity index (χ4n) is 2.47. The summed E-state index contributed by atoms with van der Waals surface area (Å²) in [6.45, 7) is 2.46. The number of para-hydroxylation sites is 1. The Morgan fingerprint density at radius 3 is 2.40 bits per heavy atom. The predicted octanol–water partition coefficient (Wildman–Crippen LogP) is 3.22. The number of hydrogen-bond donors (Lipinski definition) is 1. The highest BCUT2D eigenvalue weighted by atomic mass is 16.5. The standard InChI is InChI=1S/C20H25NO4/c1-4-17(25-16-8-6-5-7-9-16)20(22)21-13-12-15-10-11-18(23-2)19(14-15)24-3/h5-11,14,17H,4,12-13H2,1-3H3,(H,21,22)/t17-/m1/s1. The molecule has 134 valence electrons. The van der Waals surface area contributed by atoms with Crippen molar-refractivity contribution in [3.8, 4) is 17.2 Å². The Morgan fingerprint density at radius 2 is 1.76 bits per heavy atom. The van der Waals surface area contributed by atoms with Crippen LogP contribution < -0.4 is 19.5 Å². The van der Waals surface area contributed by atoms with E-state index in [2.05, 4.69) is 5.32 Å². The summed E-state index contributed by atoms with van der Waals surface area (Å²) in [5, 5.41) is 2.93. The van der Waals surface area contributed by atoms with Crippen LogP contribution in [0.4, 0.5) is 0 Å². The van der Waals surface area contributed by atoms with Crippen LogP contribution in [0.15, 0.2) is 48.5 Å². The Morgan fingerprint density at radius 1 is 1.04 bits per heavy atom. The number of amides is 1. The summed E-state index contributed by atoms with van der Waals surface area (Å²) < 4.78 is 16.3. The molecule has 1 amide bonds. The first-order valence-corrected chi connectivity index (χ1v) is 8.38. The van der Waals surface area contributed by atoms with Gasteiger partial charge in [-0.3, -0.25) is 4.79 Å². The summed E-state index contributed by atoms with van der Waals surface area (Å²) in [5.74, 6) is 1.97. The molecule has 0 aliphatic carbocycles. The maximum atomic E-state index is 12.3.